The van der Waals surface area contributed by atoms with Gasteiger partial charge >= 0.3 is 5.51 Å². The van der Waals surface area contributed by atoms with Crippen LogP contribution in [0.4, 0.5) is 18.9 Å². The highest BCUT2D eigenvalue weighted by Gasteiger charge is 2.36. The van der Waals surface area contributed by atoms with Gasteiger partial charge in [-0.1, -0.05) is 41.9 Å². The molecule has 38 heavy (non-hydrogen) atoms. The van der Waals surface area contributed by atoms with Crippen molar-refractivity contribution in [1.29, 1.82) is 0 Å². The van der Waals surface area contributed by atoms with E-state index in [-0.39, 0.29) is 0 Å². The van der Waals surface area contributed by atoms with Gasteiger partial charge in [0.15, 0.2) is 17.2 Å². The molecule has 0 aliphatic carbocycles. The van der Waals surface area contributed by atoms with Crippen LogP contribution in [0.5, 0.6) is 0 Å². The van der Waals surface area contributed by atoms with Crippen LogP contribution < -0.4 is 14.8 Å². The molecule has 2 heterocycles. The summed E-state index contributed by atoms with van der Waals surface area (Å²) >= 11 is 6.10. The largest absolute Gasteiger partial charge is 0.741 e. The Morgan fingerprint density at radius 3 is 2.08 bits per heavy atom. The lowest BCUT2D eigenvalue weighted by molar-refractivity contribution is -0.725. The van der Waals surface area contributed by atoms with Gasteiger partial charge in [0.1, 0.15) is 11.0 Å². The molecule has 0 radical (unpaired) electrons. The zero-order valence-corrected chi connectivity index (χ0v) is 22.1. The summed E-state index contributed by atoms with van der Waals surface area (Å²) in [5.74, 6) is 0. The van der Waals surface area contributed by atoms with Crippen molar-refractivity contribution in [3.63, 3.8) is 0 Å². The van der Waals surface area contributed by atoms with E-state index in [9.17, 15) is 13.2 Å². The van der Waals surface area contributed by atoms with Crippen LogP contribution in [-0.4, -0.2) is 37.1 Å². The standard InChI is InChI=1S/C26H23ClN3.CHF3O3S/c1-28(2)21-14-8-18(9-15-21)16-23-22-6-4-5-7-24(22)30-26(23)17-25(29(30)3)19-10-12-20(27)13-11-19;2-1(3,4)8(5,6)7/h4-17H,1-3H3;(H,5,6,7)/q+1;/p-1. The third-order valence-corrected chi connectivity index (χ3v) is 6.81. The van der Waals surface area contributed by atoms with Gasteiger partial charge in [-0.15, -0.1) is 9.20 Å². The second-order valence-corrected chi connectivity index (χ2v) is 10.5. The predicted molar refractivity (Wildman–Crippen MR) is 142 cm³/mol. The van der Waals surface area contributed by atoms with Gasteiger partial charge in [-0.05, 0) is 54.1 Å². The summed E-state index contributed by atoms with van der Waals surface area (Å²) in [6.07, 6.45) is 2.28. The lowest BCUT2D eigenvalue weighted by Gasteiger charge is -2.11. The molecule has 0 amide bonds. The highest BCUT2D eigenvalue weighted by molar-refractivity contribution is 7.86. The molecule has 0 aliphatic heterocycles. The molecule has 5 rings (SSSR count). The van der Waals surface area contributed by atoms with Crippen LogP contribution >= 0.6 is 11.6 Å². The number of halogens is 4. The van der Waals surface area contributed by atoms with Gasteiger partial charge in [0.05, 0.1) is 0 Å². The van der Waals surface area contributed by atoms with E-state index in [1.54, 1.807) is 0 Å². The first kappa shape index (κ1) is 27.4. The van der Waals surface area contributed by atoms with Crippen molar-refractivity contribution in [1.82, 2.24) is 4.52 Å². The van der Waals surface area contributed by atoms with Crippen LogP contribution in [0.1, 0.15) is 5.56 Å². The maximum absolute atomic E-state index is 10.7. The van der Waals surface area contributed by atoms with Crippen LogP contribution in [-0.2, 0) is 17.2 Å². The van der Waals surface area contributed by atoms with Crippen molar-refractivity contribution < 1.29 is 30.8 Å². The highest BCUT2D eigenvalue weighted by atomic mass is 35.5. The Labute approximate surface area is 222 Å². The zero-order valence-electron chi connectivity index (χ0n) is 20.6. The van der Waals surface area contributed by atoms with Crippen molar-refractivity contribution in [2.24, 2.45) is 7.05 Å². The Morgan fingerprint density at radius 1 is 0.947 bits per heavy atom. The smallest absolute Gasteiger partial charge is 0.485 e. The van der Waals surface area contributed by atoms with E-state index in [4.69, 9.17) is 24.6 Å². The SMILES string of the molecule is CN(C)c1ccc(/C=c2\c3ccccc3n3c2cc(-c2ccc(Cl)cc2)[n+]3C)cc1.O=S(=O)([O-])C(F)(F)F. The minimum Gasteiger partial charge on any atom is -0.741 e. The molecule has 11 heteroatoms. The van der Waals surface area contributed by atoms with Gasteiger partial charge in [-0.25, -0.2) is 8.42 Å². The molecule has 5 aromatic rings. The van der Waals surface area contributed by atoms with E-state index in [1.165, 1.54) is 32.9 Å². The normalized spacial score (nSPS) is 12.6. The lowest BCUT2D eigenvalue weighted by Crippen LogP contribution is -2.36. The molecule has 0 spiro atoms. The van der Waals surface area contributed by atoms with E-state index in [1.807, 2.05) is 12.1 Å². The number of aromatic nitrogens is 2. The van der Waals surface area contributed by atoms with Gasteiger partial charge in [-0.3, -0.25) is 0 Å². The number of alkyl halides is 3. The van der Waals surface area contributed by atoms with Gasteiger partial charge in [0.2, 0.25) is 5.69 Å². The summed E-state index contributed by atoms with van der Waals surface area (Å²) in [5.41, 5.74) is 1.44. The average molecular weight is 562 g/mol. The maximum Gasteiger partial charge on any atom is 0.485 e. The fraction of sp³-hybridized carbons (Fsp3) is 0.148. The molecule has 0 atom stereocenters. The number of nitrogens with zero attached hydrogens (tertiary/aromatic N) is 3. The van der Waals surface area contributed by atoms with Crippen LogP contribution in [0.25, 0.3) is 33.8 Å². The topological polar surface area (TPSA) is 68.7 Å². The second kappa shape index (κ2) is 10.3. The molecule has 0 unspecified atom stereocenters. The Kier molecular flexibility index (Phi) is 7.42. The lowest BCUT2D eigenvalue weighted by atomic mass is 10.1. The van der Waals surface area contributed by atoms with Crippen molar-refractivity contribution in [2.75, 3.05) is 19.0 Å². The Balaban J connectivity index is 0.000000368. The summed E-state index contributed by atoms with van der Waals surface area (Å²) in [5, 5.41) is 3.24. The monoisotopic (exact) mass is 561 g/mol. The fourth-order valence-corrected chi connectivity index (χ4v) is 4.26. The highest BCUT2D eigenvalue weighted by Crippen LogP contribution is 2.23. The number of anilines is 1. The van der Waals surface area contributed by atoms with E-state index < -0.39 is 15.6 Å². The molecule has 0 N–H and O–H groups in total. The molecule has 0 fully saturated rings. The van der Waals surface area contributed by atoms with Gasteiger partial charge in [0.25, 0.3) is 0 Å². The van der Waals surface area contributed by atoms with Crippen LogP contribution in [0.15, 0.2) is 78.9 Å². The number of benzene rings is 3. The molecule has 198 valence electrons. The maximum atomic E-state index is 10.7. The second-order valence-electron chi connectivity index (χ2n) is 8.72. The Morgan fingerprint density at radius 2 is 1.53 bits per heavy atom. The van der Waals surface area contributed by atoms with E-state index in [0.717, 1.165) is 16.3 Å². The number of hydrogen-bond acceptors (Lipinski definition) is 4. The first-order valence-corrected chi connectivity index (χ1v) is 13.1. The van der Waals surface area contributed by atoms with Crippen LogP contribution in [0.2, 0.25) is 5.02 Å². The summed E-state index contributed by atoms with van der Waals surface area (Å²) in [6, 6.07) is 27.5. The number of aryl methyl sites for hydroxylation is 1. The third kappa shape index (κ3) is 5.47. The van der Waals surface area contributed by atoms with Crippen LogP contribution in [0, 0.1) is 0 Å². The van der Waals surface area contributed by atoms with E-state index in [2.05, 4.69) is 108 Å². The van der Waals surface area contributed by atoms with Crippen molar-refractivity contribution in [3.8, 4) is 11.3 Å². The average Bonchev–Trinajstić information content (AvgIpc) is 3.34. The van der Waals surface area contributed by atoms with E-state index >= 15 is 0 Å². The minimum atomic E-state index is -6.09. The molecule has 0 bridgehead atoms. The fourth-order valence-electron chi connectivity index (χ4n) is 4.14. The molecule has 0 saturated carbocycles. The summed E-state index contributed by atoms with van der Waals surface area (Å²) in [4.78, 5) is 2.12. The van der Waals surface area contributed by atoms with Crippen molar-refractivity contribution in [3.05, 3.63) is 94.7 Å². The van der Waals surface area contributed by atoms with Crippen molar-refractivity contribution in [2.45, 2.75) is 5.51 Å². The Bertz CT molecular complexity index is 1760. The summed E-state index contributed by atoms with van der Waals surface area (Å²) < 4.78 is 63.4. The summed E-state index contributed by atoms with van der Waals surface area (Å²) in [7, 11) is 0.143. The molecule has 0 aliphatic rings. The Hall–Kier alpha value is -3.60. The molecule has 0 saturated heterocycles. The molecule has 3 aromatic carbocycles. The number of hydrogen-bond donors (Lipinski definition) is 0. The molecule has 2 aromatic heterocycles. The number of rotatable bonds is 3. The van der Waals surface area contributed by atoms with Gasteiger partial charge in [0, 0.05) is 47.0 Å². The number of fused-ring (bicyclic) bond motifs is 3. The molecular formula is C27H23ClF3N3O3S. The van der Waals surface area contributed by atoms with Gasteiger partial charge < -0.3 is 9.45 Å². The van der Waals surface area contributed by atoms with Crippen molar-refractivity contribution >= 4 is 49.9 Å². The third-order valence-electron chi connectivity index (χ3n) is 5.99. The van der Waals surface area contributed by atoms with Crippen LogP contribution in [0.3, 0.4) is 0 Å². The zero-order chi connectivity index (χ0) is 27.8. The number of para-hydroxylation sites is 1. The molecule has 6 nitrogen and oxygen atoms in total. The first-order chi connectivity index (χ1) is 17.8. The summed E-state index contributed by atoms with van der Waals surface area (Å²) in [6.45, 7) is 0. The predicted octanol–water partition coefficient (Wildman–Crippen LogP) is 4.90. The minimum absolute atomic E-state index is 0.750. The molecular weight excluding hydrogens is 539 g/mol. The first-order valence-electron chi connectivity index (χ1n) is 11.3. The van der Waals surface area contributed by atoms with Gasteiger partial charge in [-0.2, -0.15) is 13.2 Å². The van der Waals surface area contributed by atoms with E-state index in [0.29, 0.717) is 0 Å². The quantitative estimate of drug-likeness (QED) is 0.178.